The highest BCUT2D eigenvalue weighted by Gasteiger charge is 1.99. The molecular formula is C15H18O3S. The maximum atomic E-state index is 9.04. The predicted octanol–water partition coefficient (Wildman–Crippen LogP) is 3.27. The van der Waals surface area contributed by atoms with Gasteiger partial charge in [-0.3, -0.25) is 0 Å². The second kappa shape index (κ2) is 7.71. The number of phenols is 2. The molecule has 2 rings (SSSR count). The lowest BCUT2D eigenvalue weighted by molar-refractivity contribution is 0.199. The molecule has 102 valence electrons. The van der Waals surface area contributed by atoms with Gasteiger partial charge < -0.3 is 15.3 Å². The number of thiol groups is 1. The monoisotopic (exact) mass is 278 g/mol. The molecule has 3 N–H and O–H groups in total. The van der Waals surface area contributed by atoms with E-state index < -0.39 is 6.10 Å². The molecule has 2 aromatic rings. The van der Waals surface area contributed by atoms with Gasteiger partial charge in [0.2, 0.25) is 0 Å². The maximum absolute atomic E-state index is 9.04. The van der Waals surface area contributed by atoms with Gasteiger partial charge in [-0.05, 0) is 42.3 Å². The van der Waals surface area contributed by atoms with E-state index in [9.17, 15) is 0 Å². The minimum absolute atomic E-state index is 0.193. The first-order valence-corrected chi connectivity index (χ1v) is 6.52. The van der Waals surface area contributed by atoms with E-state index >= 15 is 0 Å². The first kappa shape index (κ1) is 15.4. The summed E-state index contributed by atoms with van der Waals surface area (Å²) in [6.45, 7) is 1.66. The zero-order valence-electron chi connectivity index (χ0n) is 10.7. The summed E-state index contributed by atoms with van der Waals surface area (Å²) in [6.07, 6.45) is -0.507. The van der Waals surface area contributed by atoms with Crippen molar-refractivity contribution in [2.24, 2.45) is 0 Å². The van der Waals surface area contributed by atoms with Crippen molar-refractivity contribution in [1.29, 1.82) is 0 Å². The summed E-state index contributed by atoms with van der Waals surface area (Å²) in [6, 6.07) is 13.7. The van der Waals surface area contributed by atoms with Crippen molar-refractivity contribution in [3.63, 3.8) is 0 Å². The maximum Gasteiger partial charge on any atom is 0.115 e. The van der Waals surface area contributed by atoms with Crippen LogP contribution in [0.2, 0.25) is 0 Å². The van der Waals surface area contributed by atoms with Crippen LogP contribution in [0.4, 0.5) is 0 Å². The average molecular weight is 278 g/mol. The van der Waals surface area contributed by atoms with E-state index in [1.165, 1.54) is 0 Å². The average Bonchev–Trinajstić information content (AvgIpc) is 2.39. The van der Waals surface area contributed by atoms with E-state index in [-0.39, 0.29) is 5.75 Å². The van der Waals surface area contributed by atoms with Crippen molar-refractivity contribution in [3.8, 4) is 11.5 Å². The Labute approximate surface area is 118 Å². The number of benzene rings is 2. The summed E-state index contributed by atoms with van der Waals surface area (Å²) in [4.78, 5) is 0. The molecule has 4 heteroatoms. The third kappa shape index (κ3) is 5.68. The number of hydrogen-bond donors (Lipinski definition) is 4. The number of rotatable bonds is 2. The molecule has 1 atom stereocenters. The molecule has 2 aromatic carbocycles. The van der Waals surface area contributed by atoms with Gasteiger partial charge in [-0.2, -0.15) is 12.6 Å². The number of aromatic hydroxyl groups is 2. The molecule has 0 amide bonds. The Balaban J connectivity index is 0.000000191. The zero-order chi connectivity index (χ0) is 14.3. The third-order valence-corrected chi connectivity index (χ3v) is 2.81. The second-order valence-corrected chi connectivity index (χ2v) is 4.42. The van der Waals surface area contributed by atoms with Crippen LogP contribution in [-0.4, -0.2) is 15.3 Å². The van der Waals surface area contributed by atoms with E-state index in [1.807, 2.05) is 6.07 Å². The topological polar surface area (TPSA) is 60.7 Å². The largest absolute Gasteiger partial charge is 0.508 e. The fourth-order valence-corrected chi connectivity index (χ4v) is 1.64. The van der Waals surface area contributed by atoms with Crippen LogP contribution in [0.25, 0.3) is 0 Å². The van der Waals surface area contributed by atoms with Crippen molar-refractivity contribution in [2.45, 2.75) is 18.8 Å². The SMILES string of the molecule is CC(O)c1cccc(O)c1.Oc1cccc(CS)c1. The Morgan fingerprint density at radius 3 is 1.95 bits per heavy atom. The molecule has 0 saturated heterocycles. The van der Waals surface area contributed by atoms with Gasteiger partial charge in [0, 0.05) is 5.75 Å². The van der Waals surface area contributed by atoms with Crippen LogP contribution < -0.4 is 0 Å². The van der Waals surface area contributed by atoms with E-state index in [0.29, 0.717) is 11.5 Å². The molecule has 0 aliphatic rings. The number of aliphatic hydroxyl groups excluding tert-OH is 1. The molecule has 3 nitrogen and oxygen atoms in total. The van der Waals surface area contributed by atoms with Crippen LogP contribution in [0, 0.1) is 0 Å². The molecule has 0 radical (unpaired) electrons. The lowest BCUT2D eigenvalue weighted by Crippen LogP contribution is -1.88. The highest BCUT2D eigenvalue weighted by atomic mass is 32.1. The van der Waals surface area contributed by atoms with Gasteiger partial charge in [0.15, 0.2) is 0 Å². The Kier molecular flexibility index (Phi) is 6.25. The summed E-state index contributed by atoms with van der Waals surface area (Å²) < 4.78 is 0. The fourth-order valence-electron chi connectivity index (χ4n) is 1.44. The quantitative estimate of drug-likeness (QED) is 0.638. The van der Waals surface area contributed by atoms with Gasteiger partial charge in [0.05, 0.1) is 6.10 Å². The molecule has 0 fully saturated rings. The molecular weight excluding hydrogens is 260 g/mol. The summed E-state index contributed by atoms with van der Waals surface area (Å²) in [5.41, 5.74) is 1.78. The standard InChI is InChI=1S/C8H10O2.C7H8OS/c1-6(9)7-3-2-4-8(10)5-7;8-7-3-1-2-6(4-7)5-9/h2-6,9-10H,1H3;1-4,8-9H,5H2. The summed E-state index contributed by atoms with van der Waals surface area (Å²) in [5, 5.41) is 26.9. The first-order chi connectivity index (χ1) is 9.02. The first-order valence-electron chi connectivity index (χ1n) is 5.88. The van der Waals surface area contributed by atoms with Gasteiger partial charge in [0.1, 0.15) is 11.5 Å². The smallest absolute Gasteiger partial charge is 0.115 e. The Bertz CT molecular complexity index is 512. The van der Waals surface area contributed by atoms with Crippen molar-refractivity contribution >= 4 is 12.6 Å². The van der Waals surface area contributed by atoms with Crippen molar-refractivity contribution < 1.29 is 15.3 Å². The van der Waals surface area contributed by atoms with Gasteiger partial charge >= 0.3 is 0 Å². The normalized spacial score (nSPS) is 11.3. The molecule has 0 aliphatic heterocycles. The molecule has 0 aromatic heterocycles. The second-order valence-electron chi connectivity index (χ2n) is 4.10. The minimum Gasteiger partial charge on any atom is -0.508 e. The Morgan fingerprint density at radius 1 is 1.00 bits per heavy atom. The zero-order valence-corrected chi connectivity index (χ0v) is 11.6. The predicted molar refractivity (Wildman–Crippen MR) is 79.5 cm³/mol. The lowest BCUT2D eigenvalue weighted by atomic mass is 10.1. The van der Waals surface area contributed by atoms with E-state index in [1.54, 1.807) is 49.4 Å². The summed E-state index contributed by atoms with van der Waals surface area (Å²) in [7, 11) is 0. The van der Waals surface area contributed by atoms with Gasteiger partial charge in [0.25, 0.3) is 0 Å². The molecule has 0 bridgehead atoms. The van der Waals surface area contributed by atoms with Crippen molar-refractivity contribution in [3.05, 3.63) is 59.7 Å². The van der Waals surface area contributed by atoms with Gasteiger partial charge in [-0.25, -0.2) is 0 Å². The number of hydrogen-bond acceptors (Lipinski definition) is 4. The number of aliphatic hydroxyl groups is 1. The highest BCUT2D eigenvalue weighted by molar-refractivity contribution is 7.79. The van der Waals surface area contributed by atoms with Crippen LogP contribution in [-0.2, 0) is 5.75 Å². The Hall–Kier alpha value is -1.65. The van der Waals surface area contributed by atoms with E-state index in [0.717, 1.165) is 11.1 Å². The molecule has 1 unspecified atom stereocenters. The van der Waals surface area contributed by atoms with Gasteiger partial charge in [-0.1, -0.05) is 24.3 Å². The molecule has 0 aliphatic carbocycles. The molecule has 19 heavy (non-hydrogen) atoms. The van der Waals surface area contributed by atoms with Gasteiger partial charge in [-0.15, -0.1) is 0 Å². The van der Waals surface area contributed by atoms with Crippen molar-refractivity contribution in [2.75, 3.05) is 0 Å². The minimum atomic E-state index is -0.507. The molecule has 0 saturated carbocycles. The van der Waals surface area contributed by atoms with E-state index in [2.05, 4.69) is 12.6 Å². The van der Waals surface area contributed by atoms with Crippen LogP contribution in [0.3, 0.4) is 0 Å². The van der Waals surface area contributed by atoms with Crippen molar-refractivity contribution in [1.82, 2.24) is 0 Å². The van der Waals surface area contributed by atoms with Crippen LogP contribution >= 0.6 is 12.6 Å². The fraction of sp³-hybridized carbons (Fsp3) is 0.200. The summed E-state index contributed by atoms with van der Waals surface area (Å²) >= 11 is 4.05. The third-order valence-electron chi connectivity index (χ3n) is 2.45. The van der Waals surface area contributed by atoms with E-state index in [4.69, 9.17) is 15.3 Å². The summed E-state index contributed by atoms with van der Waals surface area (Å²) in [5.74, 6) is 1.17. The van der Waals surface area contributed by atoms with Crippen LogP contribution in [0.1, 0.15) is 24.2 Å². The van der Waals surface area contributed by atoms with Crippen LogP contribution in [0.5, 0.6) is 11.5 Å². The number of phenolic OH excluding ortho intramolecular Hbond substituents is 2. The van der Waals surface area contributed by atoms with Crippen LogP contribution in [0.15, 0.2) is 48.5 Å². The molecule has 0 heterocycles. The lowest BCUT2D eigenvalue weighted by Gasteiger charge is -2.02. The molecule has 0 spiro atoms. The highest BCUT2D eigenvalue weighted by Crippen LogP contribution is 2.16. The Morgan fingerprint density at radius 2 is 1.58 bits per heavy atom.